The molecule has 1 rings (SSSR count). The number of benzene rings is 1. The maximum Gasteiger partial charge on any atom is 0.241 e. The Kier molecular flexibility index (Phi) is 6.18. The molecule has 0 saturated carbocycles. The Balaban J connectivity index is 3.00. The van der Waals surface area contributed by atoms with Crippen LogP contribution in [0.15, 0.2) is 21.5 Å². The maximum absolute atomic E-state index is 12.4. The van der Waals surface area contributed by atoms with Crippen LogP contribution in [0.5, 0.6) is 0 Å². The van der Waals surface area contributed by atoms with Gasteiger partial charge in [0.15, 0.2) is 0 Å². The number of rotatable bonds is 6. The zero-order valence-electron chi connectivity index (χ0n) is 12.2. The fourth-order valence-corrected chi connectivity index (χ4v) is 3.83. The van der Waals surface area contributed by atoms with Gasteiger partial charge in [-0.1, -0.05) is 22.9 Å². The molecule has 0 aromatic heterocycles. The van der Waals surface area contributed by atoms with Crippen molar-refractivity contribution >= 4 is 37.5 Å². The third-order valence-corrected chi connectivity index (χ3v) is 5.05. The Morgan fingerprint density at radius 3 is 2.62 bits per heavy atom. The van der Waals surface area contributed by atoms with Gasteiger partial charge < -0.3 is 11.1 Å². The van der Waals surface area contributed by atoms with E-state index in [0.29, 0.717) is 22.3 Å². The lowest BCUT2D eigenvalue weighted by atomic mass is 10.2. The van der Waals surface area contributed by atoms with E-state index in [0.717, 1.165) is 6.42 Å². The first-order valence-corrected chi connectivity index (χ1v) is 8.82. The van der Waals surface area contributed by atoms with Crippen molar-refractivity contribution in [2.75, 3.05) is 12.3 Å². The van der Waals surface area contributed by atoms with Gasteiger partial charge in [0.25, 0.3) is 0 Å². The van der Waals surface area contributed by atoms with Crippen molar-refractivity contribution in [3.8, 4) is 0 Å². The first-order valence-electron chi connectivity index (χ1n) is 6.54. The third kappa shape index (κ3) is 4.69. The van der Waals surface area contributed by atoms with Gasteiger partial charge in [0.05, 0.1) is 10.9 Å². The SMILES string of the molecule is CCCNC(=O)C(C)NS(=O)(=O)c1cc(Br)cc(N)c1C. The van der Waals surface area contributed by atoms with Crippen molar-refractivity contribution in [1.29, 1.82) is 0 Å². The second-order valence-electron chi connectivity index (χ2n) is 4.75. The highest BCUT2D eigenvalue weighted by atomic mass is 79.9. The molecule has 1 aromatic rings. The molecule has 21 heavy (non-hydrogen) atoms. The molecule has 1 unspecified atom stereocenters. The third-order valence-electron chi connectivity index (χ3n) is 2.93. The van der Waals surface area contributed by atoms with Crippen LogP contribution in [0.25, 0.3) is 0 Å². The average Bonchev–Trinajstić information content (AvgIpc) is 2.39. The lowest BCUT2D eigenvalue weighted by Crippen LogP contribution is -2.45. The van der Waals surface area contributed by atoms with Crippen molar-refractivity contribution in [3.05, 3.63) is 22.2 Å². The van der Waals surface area contributed by atoms with E-state index in [4.69, 9.17) is 5.73 Å². The number of nitrogens with two attached hydrogens (primary N) is 1. The number of halogens is 1. The lowest BCUT2D eigenvalue weighted by molar-refractivity contribution is -0.122. The summed E-state index contributed by atoms with van der Waals surface area (Å²) < 4.78 is 27.7. The smallest absolute Gasteiger partial charge is 0.241 e. The van der Waals surface area contributed by atoms with Gasteiger partial charge in [-0.05, 0) is 38.0 Å². The number of sulfonamides is 1. The molecule has 0 aliphatic carbocycles. The molecule has 8 heteroatoms. The Hall–Kier alpha value is -1.12. The van der Waals surface area contributed by atoms with E-state index in [-0.39, 0.29) is 10.8 Å². The van der Waals surface area contributed by atoms with Gasteiger partial charge in [0, 0.05) is 16.7 Å². The first kappa shape index (κ1) is 17.9. The summed E-state index contributed by atoms with van der Waals surface area (Å²) in [5.41, 5.74) is 6.59. The standard InChI is InChI=1S/C13H20BrN3O3S/c1-4-5-16-13(18)9(3)17-21(19,20)12-7-10(14)6-11(15)8(12)2/h6-7,9,17H,4-5,15H2,1-3H3,(H,16,18). The predicted octanol–water partition coefficient (Wildman–Crippen LogP) is 1.53. The molecule has 0 radical (unpaired) electrons. The van der Waals surface area contributed by atoms with Crippen LogP contribution in [-0.2, 0) is 14.8 Å². The van der Waals surface area contributed by atoms with Crippen LogP contribution in [-0.4, -0.2) is 26.9 Å². The van der Waals surface area contributed by atoms with E-state index in [2.05, 4.69) is 26.0 Å². The Bertz CT molecular complexity index is 632. The maximum atomic E-state index is 12.4. The number of carbonyl (C=O) groups excluding carboxylic acids is 1. The summed E-state index contributed by atoms with van der Waals surface area (Å²) in [4.78, 5) is 11.8. The van der Waals surface area contributed by atoms with E-state index in [1.807, 2.05) is 6.92 Å². The summed E-state index contributed by atoms with van der Waals surface area (Å²) in [6.07, 6.45) is 0.784. The monoisotopic (exact) mass is 377 g/mol. The average molecular weight is 378 g/mol. The van der Waals surface area contributed by atoms with E-state index in [1.54, 1.807) is 13.0 Å². The van der Waals surface area contributed by atoms with Crippen LogP contribution in [0, 0.1) is 6.92 Å². The highest BCUT2D eigenvalue weighted by molar-refractivity contribution is 9.10. The minimum Gasteiger partial charge on any atom is -0.398 e. The summed E-state index contributed by atoms with van der Waals surface area (Å²) in [6.45, 7) is 5.55. The first-order chi connectivity index (χ1) is 9.69. The minimum absolute atomic E-state index is 0.0597. The van der Waals surface area contributed by atoms with Crippen LogP contribution in [0.1, 0.15) is 25.8 Å². The van der Waals surface area contributed by atoms with Gasteiger partial charge in [-0.15, -0.1) is 0 Å². The van der Waals surface area contributed by atoms with Gasteiger partial charge in [-0.25, -0.2) is 8.42 Å². The van der Waals surface area contributed by atoms with Gasteiger partial charge in [0.1, 0.15) is 0 Å². The molecule has 0 spiro atoms. The molecule has 4 N–H and O–H groups in total. The van der Waals surface area contributed by atoms with Crippen LogP contribution < -0.4 is 15.8 Å². The number of amides is 1. The fraction of sp³-hybridized carbons (Fsp3) is 0.462. The molecule has 6 nitrogen and oxygen atoms in total. The van der Waals surface area contributed by atoms with Gasteiger partial charge in [0.2, 0.25) is 15.9 Å². The van der Waals surface area contributed by atoms with E-state index < -0.39 is 16.1 Å². The number of nitrogens with one attached hydrogen (secondary N) is 2. The number of hydrogen-bond acceptors (Lipinski definition) is 4. The fourth-order valence-electron chi connectivity index (χ4n) is 1.70. The Labute approximate surface area is 133 Å². The van der Waals surface area contributed by atoms with Crippen molar-refractivity contribution in [3.63, 3.8) is 0 Å². The van der Waals surface area contributed by atoms with Crippen molar-refractivity contribution in [1.82, 2.24) is 10.0 Å². The topological polar surface area (TPSA) is 101 Å². The molecule has 0 aliphatic heterocycles. The molecule has 0 fully saturated rings. The van der Waals surface area contributed by atoms with E-state index in [1.165, 1.54) is 13.0 Å². The summed E-state index contributed by atoms with van der Waals surface area (Å²) in [5.74, 6) is -0.360. The second-order valence-corrected chi connectivity index (χ2v) is 7.35. The van der Waals surface area contributed by atoms with Crippen LogP contribution >= 0.6 is 15.9 Å². The molecule has 118 valence electrons. The molecule has 1 amide bonds. The summed E-state index contributed by atoms with van der Waals surface area (Å²) in [7, 11) is -3.83. The molecule has 1 aromatic carbocycles. The highest BCUT2D eigenvalue weighted by Crippen LogP contribution is 2.26. The molecular formula is C13H20BrN3O3S. The molecule has 0 saturated heterocycles. The molecule has 1 atom stereocenters. The number of hydrogen-bond donors (Lipinski definition) is 3. The predicted molar refractivity (Wildman–Crippen MR) is 86.4 cm³/mol. The quantitative estimate of drug-likeness (QED) is 0.654. The number of anilines is 1. The highest BCUT2D eigenvalue weighted by Gasteiger charge is 2.24. The largest absolute Gasteiger partial charge is 0.398 e. The molecule has 0 heterocycles. The normalized spacial score (nSPS) is 13.0. The Morgan fingerprint density at radius 2 is 2.05 bits per heavy atom. The molecule has 0 bridgehead atoms. The van der Waals surface area contributed by atoms with E-state index in [9.17, 15) is 13.2 Å². The van der Waals surface area contributed by atoms with Gasteiger partial charge in [-0.2, -0.15) is 4.72 Å². The second kappa shape index (κ2) is 7.24. The van der Waals surface area contributed by atoms with Crippen LogP contribution in [0.2, 0.25) is 0 Å². The minimum atomic E-state index is -3.83. The molecular weight excluding hydrogens is 358 g/mol. The summed E-state index contributed by atoms with van der Waals surface area (Å²) in [5, 5.41) is 2.64. The van der Waals surface area contributed by atoms with Gasteiger partial charge >= 0.3 is 0 Å². The van der Waals surface area contributed by atoms with Crippen LogP contribution in [0.4, 0.5) is 5.69 Å². The number of carbonyl (C=O) groups is 1. The zero-order valence-corrected chi connectivity index (χ0v) is 14.6. The van der Waals surface area contributed by atoms with Crippen molar-refractivity contribution in [2.24, 2.45) is 0 Å². The lowest BCUT2D eigenvalue weighted by Gasteiger charge is -2.16. The Morgan fingerprint density at radius 1 is 1.43 bits per heavy atom. The van der Waals surface area contributed by atoms with Crippen molar-refractivity contribution in [2.45, 2.75) is 38.1 Å². The summed E-state index contributed by atoms with van der Waals surface area (Å²) in [6, 6.07) is 2.23. The molecule has 0 aliphatic rings. The van der Waals surface area contributed by atoms with Gasteiger partial charge in [-0.3, -0.25) is 4.79 Å². The van der Waals surface area contributed by atoms with Crippen LogP contribution in [0.3, 0.4) is 0 Å². The summed E-state index contributed by atoms with van der Waals surface area (Å²) >= 11 is 3.22. The number of nitrogen functional groups attached to an aromatic ring is 1. The van der Waals surface area contributed by atoms with Crippen molar-refractivity contribution < 1.29 is 13.2 Å². The van der Waals surface area contributed by atoms with E-state index >= 15 is 0 Å². The zero-order chi connectivity index (χ0) is 16.2.